The normalized spacial score (nSPS) is 11.9. The van der Waals surface area contributed by atoms with Crippen molar-refractivity contribution in [3.63, 3.8) is 0 Å². The molecule has 0 spiro atoms. The van der Waals surface area contributed by atoms with Crippen molar-refractivity contribution in [3.05, 3.63) is 147 Å². The average molecular weight is 657 g/mol. The minimum atomic E-state index is 0.548. The Bertz CT molecular complexity index is 2930. The fraction of sp³-hybridized carbons (Fsp3) is 0. The number of pyridine rings is 2. The molecule has 0 aliphatic carbocycles. The molecule has 7 aromatic heterocycles. The number of hydrogen-bond acceptors (Lipinski definition) is 7. The van der Waals surface area contributed by atoms with Crippen molar-refractivity contribution in [2.45, 2.75) is 0 Å². The predicted molar refractivity (Wildman–Crippen MR) is 200 cm³/mol. The number of aromatic nitrogens is 8. The number of fused-ring (bicyclic) bond motifs is 9. The van der Waals surface area contributed by atoms with E-state index in [2.05, 4.69) is 102 Å². The summed E-state index contributed by atoms with van der Waals surface area (Å²) >= 11 is 0. The lowest BCUT2D eigenvalue weighted by atomic mass is 10.0. The monoisotopic (exact) mass is 656 g/mol. The SMILES string of the molecule is c1ccc(-n2c3cc(-c4cnc5oc6ncc(-c7ccc8c9ncncc9n(-c9ccccc9)c8c7)cc6c5c4)ccc3c3ncncc32)cc1. The maximum Gasteiger partial charge on any atom is 0.229 e. The first-order valence-corrected chi connectivity index (χ1v) is 16.6. The molecular weight excluding hydrogens is 633 g/mol. The van der Waals surface area contributed by atoms with Crippen LogP contribution in [0.5, 0.6) is 0 Å². The van der Waals surface area contributed by atoms with Crippen molar-refractivity contribution >= 4 is 66.1 Å². The molecule has 0 fully saturated rings. The van der Waals surface area contributed by atoms with Crippen LogP contribution in [0, 0.1) is 0 Å². The zero-order valence-corrected chi connectivity index (χ0v) is 26.8. The molecule has 9 nitrogen and oxygen atoms in total. The molecule has 0 aliphatic heterocycles. The number of furan rings is 1. The van der Waals surface area contributed by atoms with E-state index in [9.17, 15) is 0 Å². The first-order valence-electron chi connectivity index (χ1n) is 16.6. The second-order valence-corrected chi connectivity index (χ2v) is 12.6. The van der Waals surface area contributed by atoms with Crippen LogP contribution in [0.15, 0.2) is 151 Å². The van der Waals surface area contributed by atoms with Crippen LogP contribution in [0.4, 0.5) is 0 Å². The summed E-state index contributed by atoms with van der Waals surface area (Å²) in [6, 6.07) is 37.8. The van der Waals surface area contributed by atoms with Crippen LogP contribution in [0.3, 0.4) is 0 Å². The summed E-state index contributed by atoms with van der Waals surface area (Å²) in [5.74, 6) is 0. The molecule has 11 rings (SSSR count). The molecule has 0 radical (unpaired) electrons. The highest BCUT2D eigenvalue weighted by molar-refractivity contribution is 6.10. The Hall–Kier alpha value is -7.26. The Labute approximate surface area is 289 Å². The molecule has 0 saturated heterocycles. The van der Waals surface area contributed by atoms with Gasteiger partial charge in [0.25, 0.3) is 0 Å². The van der Waals surface area contributed by atoms with E-state index in [0.717, 1.165) is 88.3 Å². The zero-order chi connectivity index (χ0) is 33.5. The van der Waals surface area contributed by atoms with Crippen LogP contribution < -0.4 is 0 Å². The van der Waals surface area contributed by atoms with Crippen LogP contribution in [-0.4, -0.2) is 39.0 Å². The summed E-state index contributed by atoms with van der Waals surface area (Å²) < 4.78 is 10.6. The Morgan fingerprint density at radius 3 is 1.33 bits per heavy atom. The lowest BCUT2D eigenvalue weighted by Crippen LogP contribution is -1.94. The van der Waals surface area contributed by atoms with E-state index >= 15 is 0 Å². The first-order chi connectivity index (χ1) is 25.3. The molecule has 0 atom stereocenters. The quantitative estimate of drug-likeness (QED) is 0.186. The second-order valence-electron chi connectivity index (χ2n) is 12.6. The van der Waals surface area contributed by atoms with Crippen molar-refractivity contribution in [2.75, 3.05) is 0 Å². The van der Waals surface area contributed by atoms with Crippen LogP contribution in [-0.2, 0) is 0 Å². The highest BCUT2D eigenvalue weighted by Gasteiger charge is 2.18. The van der Waals surface area contributed by atoms with Crippen molar-refractivity contribution in [2.24, 2.45) is 0 Å². The maximum atomic E-state index is 6.15. The Balaban J connectivity index is 1.07. The summed E-state index contributed by atoms with van der Waals surface area (Å²) in [6.07, 6.45) is 10.7. The van der Waals surface area contributed by atoms with Gasteiger partial charge in [-0.15, -0.1) is 0 Å². The average Bonchev–Trinajstić information content (AvgIpc) is 3.85. The fourth-order valence-corrected chi connectivity index (χ4v) is 7.41. The van der Waals surface area contributed by atoms with Crippen molar-refractivity contribution in [3.8, 4) is 33.6 Å². The number of para-hydroxylation sites is 2. The fourth-order valence-electron chi connectivity index (χ4n) is 7.41. The topological polar surface area (TPSA) is 100 Å². The van der Waals surface area contributed by atoms with Gasteiger partial charge in [0.2, 0.25) is 11.4 Å². The Morgan fingerprint density at radius 2 is 0.863 bits per heavy atom. The van der Waals surface area contributed by atoms with Crippen LogP contribution >= 0.6 is 0 Å². The Kier molecular flexibility index (Phi) is 5.76. The van der Waals surface area contributed by atoms with E-state index in [1.54, 1.807) is 12.7 Å². The van der Waals surface area contributed by atoms with Crippen molar-refractivity contribution in [1.29, 1.82) is 0 Å². The molecule has 0 amide bonds. The second kappa shape index (κ2) is 10.6. The third-order valence-electron chi connectivity index (χ3n) is 9.74. The molecule has 0 unspecified atom stereocenters. The number of hydrogen-bond donors (Lipinski definition) is 0. The maximum absolute atomic E-state index is 6.15. The molecular formula is C42H24N8O. The summed E-state index contributed by atoms with van der Waals surface area (Å²) in [5, 5.41) is 3.93. The molecule has 51 heavy (non-hydrogen) atoms. The van der Waals surface area contributed by atoms with E-state index in [1.807, 2.05) is 61.2 Å². The van der Waals surface area contributed by atoms with Gasteiger partial charge in [0.05, 0.1) is 56.3 Å². The van der Waals surface area contributed by atoms with Gasteiger partial charge in [-0.05, 0) is 71.8 Å². The molecule has 238 valence electrons. The van der Waals surface area contributed by atoms with Gasteiger partial charge < -0.3 is 13.6 Å². The minimum absolute atomic E-state index is 0.548. The molecule has 7 heterocycles. The third-order valence-corrected chi connectivity index (χ3v) is 9.74. The van der Waals surface area contributed by atoms with E-state index in [0.29, 0.717) is 11.4 Å². The highest BCUT2D eigenvalue weighted by atomic mass is 16.3. The van der Waals surface area contributed by atoms with Crippen molar-refractivity contribution < 1.29 is 4.42 Å². The van der Waals surface area contributed by atoms with E-state index in [-0.39, 0.29) is 0 Å². The molecule has 0 N–H and O–H groups in total. The molecule has 4 aromatic carbocycles. The van der Waals surface area contributed by atoms with Gasteiger partial charge in [-0.3, -0.25) is 0 Å². The lowest BCUT2D eigenvalue weighted by Gasteiger charge is -2.08. The molecule has 0 aliphatic rings. The van der Waals surface area contributed by atoms with E-state index in [1.165, 1.54) is 0 Å². The summed E-state index contributed by atoms with van der Waals surface area (Å²) in [5.41, 5.74) is 13.0. The van der Waals surface area contributed by atoms with Gasteiger partial charge in [-0.25, -0.2) is 29.9 Å². The van der Waals surface area contributed by atoms with Crippen LogP contribution in [0.1, 0.15) is 0 Å². The number of rotatable bonds is 4. The number of nitrogens with zero attached hydrogens (tertiary/aromatic N) is 8. The molecule has 0 bridgehead atoms. The van der Waals surface area contributed by atoms with Gasteiger partial charge in [-0.1, -0.05) is 48.5 Å². The molecule has 0 saturated carbocycles. The number of benzene rings is 4. The van der Waals surface area contributed by atoms with Crippen LogP contribution in [0.2, 0.25) is 0 Å². The zero-order valence-electron chi connectivity index (χ0n) is 26.8. The summed E-state index contributed by atoms with van der Waals surface area (Å²) in [4.78, 5) is 27.5. The van der Waals surface area contributed by atoms with Gasteiger partial charge in [-0.2, -0.15) is 0 Å². The van der Waals surface area contributed by atoms with Gasteiger partial charge in [0.1, 0.15) is 12.7 Å². The predicted octanol–water partition coefficient (Wildman–Crippen LogP) is 9.48. The van der Waals surface area contributed by atoms with Gasteiger partial charge in [0, 0.05) is 45.7 Å². The third kappa shape index (κ3) is 4.15. The van der Waals surface area contributed by atoms with Crippen molar-refractivity contribution in [1.82, 2.24) is 39.0 Å². The molecule has 11 aromatic rings. The smallest absolute Gasteiger partial charge is 0.229 e. The standard InChI is InChI=1S/C42H24N8O/c1-3-7-29(8-4-1)49-35-17-25(11-13-31(35)39-37(49)21-43-23-47-39)27-15-33-34-16-28(20-46-42(34)51-41(33)45-19-27)26-12-14-32-36(18-26)50(30-9-5-2-6-10-30)38-22-44-24-48-40(32)38/h1-24H. The van der Waals surface area contributed by atoms with E-state index in [4.69, 9.17) is 14.4 Å². The summed E-state index contributed by atoms with van der Waals surface area (Å²) in [7, 11) is 0. The van der Waals surface area contributed by atoms with Gasteiger partial charge in [0.15, 0.2) is 0 Å². The van der Waals surface area contributed by atoms with E-state index < -0.39 is 0 Å². The van der Waals surface area contributed by atoms with Crippen LogP contribution in [0.25, 0.3) is 99.7 Å². The lowest BCUT2D eigenvalue weighted by molar-refractivity contribution is 0.640. The minimum Gasteiger partial charge on any atom is -0.419 e. The molecule has 9 heteroatoms. The Morgan fingerprint density at radius 1 is 0.392 bits per heavy atom. The van der Waals surface area contributed by atoms with Gasteiger partial charge >= 0.3 is 0 Å². The highest BCUT2D eigenvalue weighted by Crippen LogP contribution is 2.38. The first kappa shape index (κ1) is 27.7. The summed E-state index contributed by atoms with van der Waals surface area (Å²) in [6.45, 7) is 0. The largest absolute Gasteiger partial charge is 0.419 e.